The van der Waals surface area contributed by atoms with E-state index in [9.17, 15) is 9.59 Å². The van der Waals surface area contributed by atoms with Crippen molar-refractivity contribution in [1.82, 2.24) is 4.57 Å². The van der Waals surface area contributed by atoms with Crippen LogP contribution in [0.4, 0.5) is 0 Å². The third-order valence-electron chi connectivity index (χ3n) is 4.46. The highest BCUT2D eigenvalue weighted by atomic mass is 32.1. The van der Waals surface area contributed by atoms with Crippen LogP contribution in [0.25, 0.3) is 10.2 Å². The van der Waals surface area contributed by atoms with Crippen molar-refractivity contribution in [1.29, 1.82) is 0 Å². The number of para-hydroxylation sites is 2. The Morgan fingerprint density at radius 3 is 2.32 bits per heavy atom. The van der Waals surface area contributed by atoms with Gasteiger partial charge in [-0.2, -0.15) is 4.99 Å². The van der Waals surface area contributed by atoms with E-state index < -0.39 is 5.91 Å². The first-order chi connectivity index (χ1) is 15.1. The molecule has 0 bridgehead atoms. The van der Waals surface area contributed by atoms with Gasteiger partial charge in [0.1, 0.15) is 18.0 Å². The van der Waals surface area contributed by atoms with Gasteiger partial charge in [0.15, 0.2) is 4.80 Å². The molecule has 0 atom stereocenters. The molecule has 3 aromatic carbocycles. The molecule has 31 heavy (non-hydrogen) atoms. The molecule has 6 nitrogen and oxygen atoms in total. The Labute approximate surface area is 183 Å². The summed E-state index contributed by atoms with van der Waals surface area (Å²) in [5, 5.41) is 0. The van der Waals surface area contributed by atoms with E-state index in [1.165, 1.54) is 11.3 Å². The van der Waals surface area contributed by atoms with Crippen LogP contribution in [0.2, 0.25) is 0 Å². The minimum atomic E-state index is -0.393. The van der Waals surface area contributed by atoms with Gasteiger partial charge in [-0.05, 0) is 55.5 Å². The van der Waals surface area contributed by atoms with Crippen LogP contribution >= 0.6 is 11.3 Å². The van der Waals surface area contributed by atoms with E-state index in [4.69, 9.17) is 9.47 Å². The summed E-state index contributed by atoms with van der Waals surface area (Å²) in [6.07, 6.45) is 0. The molecule has 0 unspecified atom stereocenters. The lowest BCUT2D eigenvalue weighted by Crippen LogP contribution is -2.23. The molecular weight excluding hydrogens is 412 g/mol. The second kappa shape index (κ2) is 9.40. The van der Waals surface area contributed by atoms with E-state index in [-0.39, 0.29) is 12.5 Å². The number of nitrogens with zero attached hydrogens (tertiary/aromatic N) is 2. The molecule has 0 saturated heterocycles. The van der Waals surface area contributed by atoms with Crippen molar-refractivity contribution < 1.29 is 19.1 Å². The van der Waals surface area contributed by atoms with Crippen molar-refractivity contribution >= 4 is 33.4 Å². The van der Waals surface area contributed by atoms with Gasteiger partial charge in [-0.15, -0.1) is 0 Å². The predicted molar refractivity (Wildman–Crippen MR) is 119 cm³/mol. The molecule has 7 heteroatoms. The largest absolute Gasteiger partial charge is 0.465 e. The van der Waals surface area contributed by atoms with E-state index >= 15 is 0 Å². The summed E-state index contributed by atoms with van der Waals surface area (Å²) in [4.78, 5) is 29.6. The zero-order valence-corrected chi connectivity index (χ0v) is 17.7. The molecule has 0 N–H and O–H groups in total. The number of rotatable bonds is 6. The van der Waals surface area contributed by atoms with Crippen LogP contribution in [0.5, 0.6) is 11.5 Å². The fourth-order valence-corrected chi connectivity index (χ4v) is 4.06. The molecule has 0 aliphatic rings. The number of hydrogen-bond acceptors (Lipinski definition) is 5. The zero-order valence-electron chi connectivity index (χ0n) is 16.9. The highest BCUT2D eigenvalue weighted by Crippen LogP contribution is 2.21. The fraction of sp³-hybridized carbons (Fsp3) is 0.125. The highest BCUT2D eigenvalue weighted by Gasteiger charge is 2.13. The van der Waals surface area contributed by atoms with E-state index in [2.05, 4.69) is 4.99 Å². The Balaban J connectivity index is 1.62. The molecule has 4 rings (SSSR count). The summed E-state index contributed by atoms with van der Waals surface area (Å²) in [7, 11) is 0. The third kappa shape index (κ3) is 4.90. The molecule has 0 radical (unpaired) electrons. The SMILES string of the molecule is CCOC(=O)Cn1c(=NC(=O)c2ccc(Oc3ccccc3)cc2)sc2ccccc21. The van der Waals surface area contributed by atoms with Gasteiger partial charge < -0.3 is 14.0 Å². The Bertz CT molecular complexity index is 1270. The Hall–Kier alpha value is -3.71. The summed E-state index contributed by atoms with van der Waals surface area (Å²) in [6.45, 7) is 2.05. The molecule has 0 fully saturated rings. The molecule has 1 aromatic heterocycles. The van der Waals surface area contributed by atoms with E-state index in [1.807, 2.05) is 54.6 Å². The monoisotopic (exact) mass is 432 g/mol. The Kier molecular flexibility index (Phi) is 6.24. The number of esters is 1. The molecule has 156 valence electrons. The first-order valence-corrected chi connectivity index (χ1v) is 10.6. The summed E-state index contributed by atoms with van der Waals surface area (Å²) in [6, 6.07) is 23.8. The van der Waals surface area contributed by atoms with Gasteiger partial charge >= 0.3 is 5.97 Å². The van der Waals surface area contributed by atoms with Gasteiger partial charge in [0.25, 0.3) is 5.91 Å². The van der Waals surface area contributed by atoms with Crippen LogP contribution in [0.3, 0.4) is 0 Å². The number of ether oxygens (including phenoxy) is 2. The topological polar surface area (TPSA) is 69.9 Å². The number of thiazole rings is 1. The van der Waals surface area contributed by atoms with Gasteiger partial charge in [-0.3, -0.25) is 9.59 Å². The molecular formula is C24H20N2O4S. The predicted octanol–water partition coefficient (Wildman–Crippen LogP) is 4.80. The lowest BCUT2D eigenvalue weighted by atomic mass is 10.2. The number of carbonyl (C=O) groups is 2. The lowest BCUT2D eigenvalue weighted by Gasteiger charge is -2.06. The maximum atomic E-state index is 12.8. The summed E-state index contributed by atoms with van der Waals surface area (Å²) >= 11 is 1.35. The molecule has 0 saturated carbocycles. The maximum Gasteiger partial charge on any atom is 0.326 e. The van der Waals surface area contributed by atoms with Gasteiger partial charge in [-0.25, -0.2) is 0 Å². The average Bonchev–Trinajstić information content (AvgIpc) is 3.12. The molecule has 1 amide bonds. The molecule has 0 spiro atoms. The summed E-state index contributed by atoms with van der Waals surface area (Å²) in [5.41, 5.74) is 1.26. The number of aromatic nitrogens is 1. The van der Waals surface area contributed by atoms with Crippen LogP contribution in [0.15, 0.2) is 83.9 Å². The molecule has 0 aliphatic carbocycles. The van der Waals surface area contributed by atoms with E-state index in [1.54, 1.807) is 35.8 Å². The zero-order chi connectivity index (χ0) is 21.6. The van der Waals surface area contributed by atoms with Crippen molar-refractivity contribution in [2.75, 3.05) is 6.61 Å². The number of carbonyl (C=O) groups excluding carboxylic acids is 2. The third-order valence-corrected chi connectivity index (χ3v) is 5.52. The van der Waals surface area contributed by atoms with Crippen molar-refractivity contribution in [3.63, 3.8) is 0 Å². The smallest absolute Gasteiger partial charge is 0.326 e. The second-order valence-corrected chi connectivity index (χ2v) is 7.61. The normalized spacial score (nSPS) is 11.5. The second-order valence-electron chi connectivity index (χ2n) is 6.60. The standard InChI is InChI=1S/C24H20N2O4S/c1-2-29-22(27)16-26-20-10-6-7-11-21(20)31-24(26)25-23(28)17-12-14-19(15-13-17)30-18-8-4-3-5-9-18/h3-15H,2,16H2,1H3. The Morgan fingerprint density at radius 1 is 0.903 bits per heavy atom. The van der Waals surface area contributed by atoms with Gasteiger partial charge in [0.2, 0.25) is 0 Å². The summed E-state index contributed by atoms with van der Waals surface area (Å²) < 4.78 is 13.5. The van der Waals surface area contributed by atoms with Crippen molar-refractivity contribution in [3.8, 4) is 11.5 Å². The average molecular weight is 433 g/mol. The maximum absolute atomic E-state index is 12.8. The highest BCUT2D eigenvalue weighted by molar-refractivity contribution is 7.16. The quantitative estimate of drug-likeness (QED) is 0.411. The first-order valence-electron chi connectivity index (χ1n) is 9.80. The lowest BCUT2D eigenvalue weighted by molar-refractivity contribution is -0.143. The Morgan fingerprint density at radius 2 is 1.58 bits per heavy atom. The number of hydrogen-bond donors (Lipinski definition) is 0. The van der Waals surface area contributed by atoms with E-state index in [0.717, 1.165) is 16.0 Å². The minimum Gasteiger partial charge on any atom is -0.465 e. The van der Waals surface area contributed by atoms with Crippen LogP contribution < -0.4 is 9.54 Å². The van der Waals surface area contributed by atoms with Crippen LogP contribution in [0, 0.1) is 0 Å². The van der Waals surface area contributed by atoms with Crippen molar-refractivity contribution in [2.24, 2.45) is 4.99 Å². The van der Waals surface area contributed by atoms with Gasteiger partial charge in [0.05, 0.1) is 16.8 Å². The molecule has 0 aliphatic heterocycles. The summed E-state index contributed by atoms with van der Waals surface area (Å²) in [5.74, 6) is 0.580. The van der Waals surface area contributed by atoms with Gasteiger partial charge in [0, 0.05) is 5.56 Å². The van der Waals surface area contributed by atoms with Crippen LogP contribution in [-0.4, -0.2) is 23.1 Å². The van der Waals surface area contributed by atoms with Gasteiger partial charge in [-0.1, -0.05) is 41.7 Å². The number of amides is 1. The number of benzene rings is 3. The number of fused-ring (bicyclic) bond motifs is 1. The van der Waals surface area contributed by atoms with Crippen LogP contribution in [0.1, 0.15) is 17.3 Å². The van der Waals surface area contributed by atoms with E-state index in [0.29, 0.717) is 22.7 Å². The molecule has 4 aromatic rings. The molecule has 1 heterocycles. The fourth-order valence-electron chi connectivity index (χ4n) is 3.04. The minimum absolute atomic E-state index is 0.00613. The first kappa shape index (κ1) is 20.6. The van der Waals surface area contributed by atoms with Crippen molar-refractivity contribution in [3.05, 3.63) is 89.2 Å². The van der Waals surface area contributed by atoms with Crippen LogP contribution in [-0.2, 0) is 16.1 Å². The van der Waals surface area contributed by atoms with Crippen molar-refractivity contribution in [2.45, 2.75) is 13.5 Å².